The number of carbonyl (C=O) groups excluding carboxylic acids is 1. The van der Waals surface area contributed by atoms with Crippen LogP contribution in [0.15, 0.2) is 17.1 Å². The van der Waals surface area contributed by atoms with Gasteiger partial charge in [0.05, 0.1) is 13.3 Å². The van der Waals surface area contributed by atoms with E-state index in [4.69, 9.17) is 16.9 Å². The van der Waals surface area contributed by atoms with E-state index < -0.39 is 12.0 Å². The molecule has 0 aliphatic carbocycles. The van der Waals surface area contributed by atoms with Gasteiger partial charge in [0.25, 0.3) is 0 Å². The topological polar surface area (TPSA) is 62.1 Å². The molecule has 1 atom stereocenters. The molecule has 0 amide bonds. The lowest BCUT2D eigenvalue weighted by atomic mass is 10.3. The summed E-state index contributed by atoms with van der Waals surface area (Å²) >= 11 is 5.56. The highest BCUT2D eigenvalue weighted by Crippen LogP contribution is 2.11. The van der Waals surface area contributed by atoms with E-state index in [1.54, 1.807) is 0 Å². The molecule has 1 aliphatic heterocycles. The Kier molecular flexibility index (Phi) is 2.54. The second-order valence-corrected chi connectivity index (χ2v) is 2.47. The monoisotopic (exact) mass is 190 g/mol. The Morgan fingerprint density at radius 2 is 2.58 bits per heavy atom. The number of halogens is 1. The van der Waals surface area contributed by atoms with Crippen molar-refractivity contribution in [2.75, 3.05) is 7.11 Å². The van der Waals surface area contributed by atoms with Gasteiger partial charge in [-0.05, 0) is 0 Å². The number of carbonyl (C=O) groups is 1. The lowest BCUT2D eigenvalue weighted by molar-refractivity contribution is -0.142. The van der Waals surface area contributed by atoms with Crippen LogP contribution in [0.3, 0.4) is 0 Å². The molecule has 0 fully saturated rings. The number of aliphatic imine (C=N–C) groups is 1. The van der Waals surface area contributed by atoms with Gasteiger partial charge < -0.3 is 9.84 Å². The number of aliphatic hydroxyl groups is 1. The minimum absolute atomic E-state index is 0.245. The molecule has 0 aromatic rings. The van der Waals surface area contributed by atoms with E-state index in [2.05, 4.69) is 9.73 Å². The molecule has 6 heteroatoms. The molecule has 0 saturated heterocycles. The fourth-order valence-electron chi connectivity index (χ4n) is 0.717. The van der Waals surface area contributed by atoms with Gasteiger partial charge in [-0.25, -0.2) is 9.79 Å². The zero-order valence-electron chi connectivity index (χ0n) is 6.27. The molecule has 0 aromatic carbocycles. The first-order valence-electron chi connectivity index (χ1n) is 3.12. The number of esters is 1. The Balaban J connectivity index is 2.72. The van der Waals surface area contributed by atoms with Crippen molar-refractivity contribution in [3.05, 3.63) is 12.1 Å². The molecule has 0 radical (unpaired) electrons. The number of rotatable bonds is 1. The molecule has 0 spiro atoms. The van der Waals surface area contributed by atoms with Gasteiger partial charge in [0.15, 0.2) is 6.04 Å². The summed E-state index contributed by atoms with van der Waals surface area (Å²) in [5, 5.41) is 8.84. The lowest BCUT2D eigenvalue weighted by Crippen LogP contribution is -2.36. The molecule has 1 heterocycles. The van der Waals surface area contributed by atoms with Crippen molar-refractivity contribution in [1.82, 2.24) is 4.42 Å². The van der Waals surface area contributed by atoms with E-state index in [1.165, 1.54) is 13.3 Å². The van der Waals surface area contributed by atoms with Crippen LogP contribution >= 0.6 is 11.8 Å². The van der Waals surface area contributed by atoms with Gasteiger partial charge in [-0.1, -0.05) is 0 Å². The minimum Gasteiger partial charge on any atom is -0.492 e. The molecule has 1 aliphatic rings. The molecule has 5 nitrogen and oxygen atoms in total. The molecule has 1 N–H and O–H groups in total. The molecule has 12 heavy (non-hydrogen) atoms. The summed E-state index contributed by atoms with van der Waals surface area (Å²) in [7, 11) is 1.25. The molecule has 66 valence electrons. The largest absolute Gasteiger partial charge is 0.492 e. The average molecular weight is 191 g/mol. The predicted octanol–water partition coefficient (Wildman–Crippen LogP) is 0.425. The summed E-state index contributed by atoms with van der Waals surface area (Å²) in [5.74, 6) is -0.775. The first-order chi connectivity index (χ1) is 5.65. The highest BCUT2D eigenvalue weighted by molar-refractivity contribution is 6.18. The van der Waals surface area contributed by atoms with Gasteiger partial charge >= 0.3 is 5.97 Å². The zero-order valence-corrected chi connectivity index (χ0v) is 7.02. The van der Waals surface area contributed by atoms with Crippen molar-refractivity contribution in [2.24, 2.45) is 4.99 Å². The van der Waals surface area contributed by atoms with Gasteiger partial charge in [-0.3, -0.25) is 4.42 Å². The third kappa shape index (κ3) is 1.68. The average Bonchev–Trinajstić information content (AvgIpc) is 2.03. The number of ether oxygens (including phenoxy) is 1. The van der Waals surface area contributed by atoms with E-state index >= 15 is 0 Å². The van der Waals surface area contributed by atoms with Crippen molar-refractivity contribution < 1.29 is 14.6 Å². The molecule has 0 saturated carbocycles. The first-order valence-corrected chi connectivity index (χ1v) is 3.46. The van der Waals surface area contributed by atoms with E-state index in [0.717, 1.165) is 10.6 Å². The Morgan fingerprint density at radius 3 is 3.08 bits per heavy atom. The van der Waals surface area contributed by atoms with Crippen LogP contribution in [0.5, 0.6) is 0 Å². The van der Waals surface area contributed by atoms with Crippen molar-refractivity contribution in [3.63, 3.8) is 0 Å². The van der Waals surface area contributed by atoms with Crippen LogP contribution in [0.25, 0.3) is 0 Å². The van der Waals surface area contributed by atoms with Crippen LogP contribution in [0.2, 0.25) is 0 Å². The van der Waals surface area contributed by atoms with Gasteiger partial charge in [0, 0.05) is 18.0 Å². The molecule has 1 unspecified atom stereocenters. The Morgan fingerprint density at radius 1 is 1.92 bits per heavy atom. The Hall–Kier alpha value is -1.23. The van der Waals surface area contributed by atoms with Gasteiger partial charge in [-0.2, -0.15) is 0 Å². The second kappa shape index (κ2) is 3.44. The Bertz CT molecular complexity index is 251. The highest BCUT2D eigenvalue weighted by Gasteiger charge is 2.24. The standard InChI is InChI=1S/C6H7ClN2O3/c1-12-6(11)4-2-8-5(10)3-9(4)7/h2-4,10H,1H3. The SMILES string of the molecule is COC(=O)C1C=NC(O)=CN1Cl. The summed E-state index contributed by atoms with van der Waals surface area (Å²) in [6.07, 6.45) is 2.33. The minimum atomic E-state index is -0.771. The van der Waals surface area contributed by atoms with E-state index in [1.807, 2.05) is 0 Å². The fourth-order valence-corrected chi connectivity index (χ4v) is 0.934. The van der Waals surface area contributed by atoms with Crippen molar-refractivity contribution >= 4 is 24.0 Å². The normalized spacial score (nSPS) is 22.0. The van der Waals surface area contributed by atoms with Crippen molar-refractivity contribution in [3.8, 4) is 0 Å². The van der Waals surface area contributed by atoms with Crippen LogP contribution < -0.4 is 0 Å². The van der Waals surface area contributed by atoms with Gasteiger partial charge in [0.1, 0.15) is 0 Å². The van der Waals surface area contributed by atoms with Gasteiger partial charge in [-0.15, -0.1) is 0 Å². The van der Waals surface area contributed by atoms with Crippen LogP contribution in [0.4, 0.5) is 0 Å². The number of nitrogens with zero attached hydrogens (tertiary/aromatic N) is 2. The van der Waals surface area contributed by atoms with Crippen LogP contribution in [0.1, 0.15) is 0 Å². The predicted molar refractivity (Wildman–Crippen MR) is 42.7 cm³/mol. The number of hydrogen-bond donors (Lipinski definition) is 1. The van der Waals surface area contributed by atoms with Crippen LogP contribution in [0, 0.1) is 0 Å². The summed E-state index contributed by atoms with van der Waals surface area (Å²) in [5.41, 5.74) is 0. The lowest BCUT2D eigenvalue weighted by Gasteiger charge is -2.20. The molecule has 1 rings (SSSR count). The maximum absolute atomic E-state index is 10.9. The third-order valence-electron chi connectivity index (χ3n) is 1.30. The quantitative estimate of drug-likeness (QED) is 0.481. The van der Waals surface area contributed by atoms with E-state index in [9.17, 15) is 4.79 Å². The maximum atomic E-state index is 10.9. The maximum Gasteiger partial charge on any atom is 0.335 e. The summed E-state index contributed by atoms with van der Waals surface area (Å²) < 4.78 is 5.42. The van der Waals surface area contributed by atoms with Crippen molar-refractivity contribution in [2.45, 2.75) is 6.04 Å². The Labute approximate surface area is 74.0 Å². The summed E-state index contributed by atoms with van der Waals surface area (Å²) in [6, 6.07) is -0.771. The van der Waals surface area contributed by atoms with Gasteiger partial charge in [0.2, 0.25) is 5.88 Å². The smallest absolute Gasteiger partial charge is 0.335 e. The van der Waals surface area contributed by atoms with E-state index in [0.29, 0.717) is 0 Å². The first kappa shape index (κ1) is 8.86. The second-order valence-electron chi connectivity index (χ2n) is 2.08. The third-order valence-corrected chi connectivity index (χ3v) is 1.60. The number of aliphatic hydroxyl groups excluding tert-OH is 1. The fraction of sp³-hybridized carbons (Fsp3) is 0.333. The number of methoxy groups -OCH3 is 1. The summed E-state index contributed by atoms with van der Waals surface area (Å²) in [4.78, 5) is 14.4. The highest BCUT2D eigenvalue weighted by atomic mass is 35.5. The molecular formula is C6H7ClN2O3. The van der Waals surface area contributed by atoms with Crippen LogP contribution in [-0.2, 0) is 9.53 Å². The van der Waals surface area contributed by atoms with Crippen molar-refractivity contribution in [1.29, 1.82) is 0 Å². The van der Waals surface area contributed by atoms with Crippen LogP contribution in [-0.4, -0.2) is 34.9 Å². The number of hydrogen-bond acceptors (Lipinski definition) is 5. The zero-order chi connectivity index (χ0) is 9.14. The molecule has 0 aromatic heterocycles. The summed E-state index contributed by atoms with van der Waals surface area (Å²) in [6.45, 7) is 0. The molecule has 0 bridgehead atoms. The van der Waals surface area contributed by atoms with E-state index in [-0.39, 0.29) is 5.88 Å². The molecular weight excluding hydrogens is 184 g/mol.